The van der Waals surface area contributed by atoms with E-state index in [-0.39, 0.29) is 5.56 Å². The lowest BCUT2D eigenvalue weighted by Gasteiger charge is -2.08. The fraction of sp³-hybridized carbons (Fsp3) is 0.125. The molecule has 0 radical (unpaired) electrons. The van der Waals surface area contributed by atoms with Crippen LogP contribution in [0.15, 0.2) is 70.4 Å². The van der Waals surface area contributed by atoms with Gasteiger partial charge in [0.15, 0.2) is 11.5 Å². The zero-order valence-electron chi connectivity index (χ0n) is 17.4. The minimum absolute atomic E-state index is 0.0595. The van der Waals surface area contributed by atoms with Gasteiger partial charge in [0, 0.05) is 21.9 Å². The van der Waals surface area contributed by atoms with Crippen molar-refractivity contribution in [2.45, 2.75) is 6.54 Å². The van der Waals surface area contributed by atoms with Gasteiger partial charge < -0.3 is 9.47 Å². The first-order valence-electron chi connectivity index (χ1n) is 9.87. The highest BCUT2D eigenvalue weighted by Gasteiger charge is 2.15. The Morgan fingerprint density at radius 2 is 1.75 bits per heavy atom. The van der Waals surface area contributed by atoms with Crippen molar-refractivity contribution in [3.8, 4) is 33.2 Å². The highest BCUT2D eigenvalue weighted by molar-refractivity contribution is 7.17. The molecule has 0 fully saturated rings. The summed E-state index contributed by atoms with van der Waals surface area (Å²) in [6.45, 7) is 0.357. The van der Waals surface area contributed by atoms with Crippen LogP contribution in [0.5, 0.6) is 11.5 Å². The van der Waals surface area contributed by atoms with Crippen LogP contribution in [-0.4, -0.2) is 28.8 Å². The van der Waals surface area contributed by atoms with Crippen LogP contribution < -0.4 is 15.0 Å². The summed E-state index contributed by atoms with van der Waals surface area (Å²) in [7, 11) is 3.22. The normalized spacial score (nSPS) is 11.1. The lowest BCUT2D eigenvalue weighted by atomic mass is 10.1. The van der Waals surface area contributed by atoms with Gasteiger partial charge in [-0.25, -0.2) is 9.97 Å². The molecule has 0 aliphatic heterocycles. The number of nitrogens with zero attached hydrogens (tertiary/aromatic N) is 3. The number of ether oxygens (including phenoxy) is 2. The summed E-state index contributed by atoms with van der Waals surface area (Å²) >= 11 is 3.01. The molecule has 0 saturated heterocycles. The van der Waals surface area contributed by atoms with Gasteiger partial charge in [-0.15, -0.1) is 22.7 Å². The Labute approximate surface area is 192 Å². The summed E-state index contributed by atoms with van der Waals surface area (Å²) in [5, 5.41) is 5.47. The van der Waals surface area contributed by atoms with Crippen molar-refractivity contribution in [1.82, 2.24) is 14.5 Å². The van der Waals surface area contributed by atoms with Gasteiger partial charge in [-0.2, -0.15) is 0 Å². The molecule has 0 unspecified atom stereocenters. The van der Waals surface area contributed by atoms with Gasteiger partial charge in [0.25, 0.3) is 5.56 Å². The van der Waals surface area contributed by atoms with Crippen LogP contribution in [0.3, 0.4) is 0 Å². The number of thiazole rings is 1. The molecule has 8 heteroatoms. The van der Waals surface area contributed by atoms with E-state index in [1.807, 2.05) is 59.3 Å². The van der Waals surface area contributed by atoms with Crippen molar-refractivity contribution in [3.63, 3.8) is 0 Å². The van der Waals surface area contributed by atoms with E-state index in [4.69, 9.17) is 14.5 Å². The lowest BCUT2D eigenvalue weighted by molar-refractivity contribution is 0.355. The lowest BCUT2D eigenvalue weighted by Crippen LogP contribution is -2.21. The van der Waals surface area contributed by atoms with E-state index in [1.54, 1.807) is 25.1 Å². The first-order chi connectivity index (χ1) is 15.7. The Morgan fingerprint density at radius 3 is 2.53 bits per heavy atom. The van der Waals surface area contributed by atoms with Crippen molar-refractivity contribution >= 4 is 32.9 Å². The van der Waals surface area contributed by atoms with Crippen LogP contribution in [0.4, 0.5) is 0 Å². The first kappa shape index (κ1) is 20.4. The van der Waals surface area contributed by atoms with Crippen LogP contribution in [0.1, 0.15) is 5.69 Å². The largest absolute Gasteiger partial charge is 0.493 e. The zero-order chi connectivity index (χ0) is 22.1. The van der Waals surface area contributed by atoms with E-state index < -0.39 is 0 Å². The molecule has 3 heterocycles. The predicted octanol–water partition coefficient (Wildman–Crippen LogP) is 5.31. The molecule has 2 aromatic carbocycles. The molecule has 32 heavy (non-hydrogen) atoms. The minimum atomic E-state index is -0.0595. The highest BCUT2D eigenvalue weighted by atomic mass is 32.1. The predicted molar refractivity (Wildman–Crippen MR) is 129 cm³/mol. The molecule has 0 aliphatic rings. The maximum absolute atomic E-state index is 13.3. The number of fused-ring (bicyclic) bond motifs is 1. The molecule has 0 spiro atoms. The van der Waals surface area contributed by atoms with E-state index in [1.165, 1.54) is 22.7 Å². The molecule has 3 aromatic heterocycles. The van der Waals surface area contributed by atoms with Gasteiger partial charge >= 0.3 is 0 Å². The first-order valence-corrected chi connectivity index (χ1v) is 11.6. The number of methoxy groups -OCH3 is 2. The second-order valence-electron chi connectivity index (χ2n) is 7.09. The Morgan fingerprint density at radius 1 is 0.938 bits per heavy atom. The average Bonchev–Trinajstić information content (AvgIpc) is 3.49. The van der Waals surface area contributed by atoms with E-state index in [0.717, 1.165) is 32.2 Å². The molecule has 5 rings (SSSR count). The Kier molecular flexibility index (Phi) is 5.46. The standard InChI is InChI=1S/C24H19N3O3S2/c1-29-19-9-8-16(10-20(19)30-2)22-26-17(12-31-22)11-27-14-25-23-21(24(27)28)18(13-32-23)15-6-4-3-5-7-15/h3-10,12-14H,11H2,1-2H3. The molecule has 5 aromatic rings. The monoisotopic (exact) mass is 461 g/mol. The molecule has 0 atom stereocenters. The quantitative estimate of drug-likeness (QED) is 0.343. The van der Waals surface area contributed by atoms with Gasteiger partial charge in [0.2, 0.25) is 0 Å². The number of aromatic nitrogens is 3. The summed E-state index contributed by atoms with van der Waals surface area (Å²) in [4.78, 5) is 23.3. The molecule has 160 valence electrons. The number of benzene rings is 2. The second kappa shape index (κ2) is 8.57. The van der Waals surface area contributed by atoms with Gasteiger partial charge in [-0.1, -0.05) is 30.3 Å². The number of rotatable bonds is 6. The van der Waals surface area contributed by atoms with E-state index in [2.05, 4.69) is 4.98 Å². The van der Waals surface area contributed by atoms with Crippen LogP contribution >= 0.6 is 22.7 Å². The van der Waals surface area contributed by atoms with Gasteiger partial charge in [-0.3, -0.25) is 9.36 Å². The molecule has 0 N–H and O–H groups in total. The van der Waals surface area contributed by atoms with Crippen LogP contribution in [0, 0.1) is 0 Å². The van der Waals surface area contributed by atoms with Crippen LogP contribution in [-0.2, 0) is 6.54 Å². The molecular weight excluding hydrogens is 442 g/mol. The Bertz CT molecular complexity index is 1450. The van der Waals surface area contributed by atoms with Crippen molar-refractivity contribution in [3.05, 3.63) is 81.7 Å². The average molecular weight is 462 g/mol. The third-order valence-corrected chi connectivity index (χ3v) is 6.99. The third-order valence-electron chi connectivity index (χ3n) is 5.16. The molecule has 6 nitrogen and oxygen atoms in total. The summed E-state index contributed by atoms with van der Waals surface area (Å²) in [5.41, 5.74) is 3.61. The van der Waals surface area contributed by atoms with Gasteiger partial charge in [0.05, 0.1) is 38.2 Å². The Hall–Kier alpha value is -3.49. The topological polar surface area (TPSA) is 66.2 Å². The summed E-state index contributed by atoms with van der Waals surface area (Å²) in [6, 6.07) is 15.6. The van der Waals surface area contributed by atoms with Crippen molar-refractivity contribution in [2.24, 2.45) is 0 Å². The minimum Gasteiger partial charge on any atom is -0.493 e. The molecule has 0 aliphatic carbocycles. The number of hydrogen-bond donors (Lipinski definition) is 0. The van der Waals surface area contributed by atoms with Gasteiger partial charge in [-0.05, 0) is 23.8 Å². The molecule has 0 saturated carbocycles. The zero-order valence-corrected chi connectivity index (χ0v) is 19.1. The van der Waals surface area contributed by atoms with E-state index in [0.29, 0.717) is 23.4 Å². The third kappa shape index (κ3) is 3.68. The fourth-order valence-electron chi connectivity index (χ4n) is 3.57. The fourth-order valence-corrected chi connectivity index (χ4v) is 5.28. The van der Waals surface area contributed by atoms with Crippen molar-refractivity contribution < 1.29 is 9.47 Å². The smallest absolute Gasteiger partial charge is 0.263 e. The number of thiophene rings is 1. The van der Waals surface area contributed by atoms with Gasteiger partial charge in [0.1, 0.15) is 9.84 Å². The summed E-state index contributed by atoms with van der Waals surface area (Å²) in [6.07, 6.45) is 1.60. The van der Waals surface area contributed by atoms with Crippen LogP contribution in [0.2, 0.25) is 0 Å². The summed E-state index contributed by atoms with van der Waals surface area (Å²) < 4.78 is 12.3. The number of hydrogen-bond acceptors (Lipinski definition) is 7. The Balaban J connectivity index is 1.48. The maximum Gasteiger partial charge on any atom is 0.263 e. The van der Waals surface area contributed by atoms with Crippen LogP contribution in [0.25, 0.3) is 31.9 Å². The summed E-state index contributed by atoms with van der Waals surface area (Å²) in [5.74, 6) is 1.32. The molecular formula is C24H19N3O3S2. The van der Waals surface area contributed by atoms with E-state index in [9.17, 15) is 4.79 Å². The maximum atomic E-state index is 13.3. The SMILES string of the molecule is COc1ccc(-c2nc(Cn3cnc4scc(-c5ccccc5)c4c3=O)cs2)cc1OC. The van der Waals surface area contributed by atoms with Crippen molar-refractivity contribution in [2.75, 3.05) is 14.2 Å². The second-order valence-corrected chi connectivity index (χ2v) is 8.80. The van der Waals surface area contributed by atoms with Crippen molar-refractivity contribution in [1.29, 1.82) is 0 Å². The van der Waals surface area contributed by atoms with E-state index >= 15 is 0 Å². The molecule has 0 amide bonds. The highest BCUT2D eigenvalue weighted by Crippen LogP contribution is 2.34. The molecule has 0 bridgehead atoms.